The Morgan fingerprint density at radius 1 is 1.00 bits per heavy atom. The van der Waals surface area contributed by atoms with Gasteiger partial charge in [0.25, 0.3) is 5.91 Å². The van der Waals surface area contributed by atoms with Gasteiger partial charge in [-0.2, -0.15) is 0 Å². The fraction of sp³-hybridized carbons (Fsp3) is 0.125. The van der Waals surface area contributed by atoms with E-state index in [9.17, 15) is 17.6 Å². The number of aryl methyl sites for hydroxylation is 1. The van der Waals surface area contributed by atoms with Crippen molar-refractivity contribution in [3.05, 3.63) is 94.6 Å². The van der Waals surface area contributed by atoms with Gasteiger partial charge in [0.05, 0.1) is 23.4 Å². The van der Waals surface area contributed by atoms with Gasteiger partial charge < -0.3 is 5.32 Å². The summed E-state index contributed by atoms with van der Waals surface area (Å²) in [6.07, 6.45) is 1.18. The minimum Gasteiger partial charge on any atom is -0.321 e. The van der Waals surface area contributed by atoms with Crippen molar-refractivity contribution in [1.82, 2.24) is 0 Å². The van der Waals surface area contributed by atoms with Gasteiger partial charge in [-0.3, -0.25) is 9.10 Å². The van der Waals surface area contributed by atoms with E-state index in [0.717, 1.165) is 21.2 Å². The molecule has 0 aliphatic rings. The van der Waals surface area contributed by atoms with E-state index in [2.05, 4.69) is 5.32 Å². The predicted octanol–water partition coefficient (Wildman–Crippen LogP) is 5.57. The number of anilines is 2. The molecule has 1 N–H and O–H groups in total. The summed E-state index contributed by atoms with van der Waals surface area (Å²) < 4.78 is 40.3. The lowest BCUT2D eigenvalue weighted by molar-refractivity contribution is 0.103. The third-order valence-corrected chi connectivity index (χ3v) is 7.22. The topological polar surface area (TPSA) is 66.5 Å². The van der Waals surface area contributed by atoms with Crippen LogP contribution in [0.2, 0.25) is 0 Å². The van der Waals surface area contributed by atoms with Crippen molar-refractivity contribution in [2.24, 2.45) is 0 Å². The summed E-state index contributed by atoms with van der Waals surface area (Å²) in [7, 11) is -3.52. The third kappa shape index (κ3) is 4.98. The molecule has 0 saturated carbocycles. The van der Waals surface area contributed by atoms with Crippen molar-refractivity contribution in [1.29, 1.82) is 0 Å². The molecule has 0 atom stereocenters. The van der Waals surface area contributed by atoms with E-state index < -0.39 is 10.0 Å². The van der Waals surface area contributed by atoms with E-state index >= 15 is 0 Å². The normalized spacial score (nSPS) is 11.5. The second-order valence-corrected chi connectivity index (χ2v) is 10.5. The zero-order valence-electron chi connectivity index (χ0n) is 17.5. The summed E-state index contributed by atoms with van der Waals surface area (Å²) in [5.74, 6) is -0.683. The first-order valence-electron chi connectivity index (χ1n) is 9.83. The molecule has 0 radical (unpaired) electrons. The molecule has 8 heteroatoms. The van der Waals surface area contributed by atoms with Crippen molar-refractivity contribution in [2.45, 2.75) is 13.5 Å². The molecule has 4 rings (SSSR count). The number of rotatable bonds is 6. The van der Waals surface area contributed by atoms with Crippen LogP contribution in [0.5, 0.6) is 0 Å². The minimum absolute atomic E-state index is 0.215. The van der Waals surface area contributed by atoms with Crippen molar-refractivity contribution in [3.63, 3.8) is 0 Å². The van der Waals surface area contributed by atoms with Crippen LogP contribution in [-0.2, 0) is 16.6 Å². The molecule has 4 aromatic rings. The highest BCUT2D eigenvalue weighted by Crippen LogP contribution is 2.31. The highest BCUT2D eigenvalue weighted by atomic mass is 32.2. The summed E-state index contributed by atoms with van der Waals surface area (Å²) in [6, 6.07) is 20.3. The first-order chi connectivity index (χ1) is 15.2. The van der Waals surface area contributed by atoms with Gasteiger partial charge in [-0.1, -0.05) is 29.8 Å². The number of halogens is 1. The summed E-state index contributed by atoms with van der Waals surface area (Å²) in [5.41, 5.74) is 3.01. The van der Waals surface area contributed by atoms with Crippen LogP contribution >= 0.6 is 11.3 Å². The molecule has 164 valence electrons. The third-order valence-electron chi connectivity index (χ3n) is 4.96. The molecule has 0 bridgehead atoms. The van der Waals surface area contributed by atoms with Crippen molar-refractivity contribution in [3.8, 4) is 0 Å². The fourth-order valence-corrected chi connectivity index (χ4v) is 5.10. The molecule has 0 saturated heterocycles. The number of nitrogens with one attached hydrogen (secondary N) is 1. The fourth-order valence-electron chi connectivity index (χ4n) is 3.28. The summed E-state index contributed by atoms with van der Waals surface area (Å²) in [4.78, 5) is 13.1. The van der Waals surface area contributed by atoms with Gasteiger partial charge in [0.2, 0.25) is 10.0 Å². The lowest BCUT2D eigenvalue weighted by Crippen LogP contribution is -2.29. The molecule has 5 nitrogen and oxygen atoms in total. The second-order valence-electron chi connectivity index (χ2n) is 7.55. The Hall–Kier alpha value is -3.23. The van der Waals surface area contributed by atoms with Gasteiger partial charge in [0.15, 0.2) is 0 Å². The molecule has 0 aliphatic carbocycles. The van der Waals surface area contributed by atoms with Gasteiger partial charge in [0.1, 0.15) is 5.82 Å². The lowest BCUT2D eigenvalue weighted by atomic mass is 10.1. The zero-order valence-corrected chi connectivity index (χ0v) is 19.1. The standard InChI is InChI=1S/C24H21FN2O3S2/c1-16-3-5-17(6-4-16)15-27(32(2,29)30)21-11-12-22-18(13-21)14-23(31-22)24(28)26-20-9-7-19(25)8-10-20/h3-14H,15H2,1-2H3,(H,26,28). The number of sulfonamides is 1. The number of thiophene rings is 1. The molecular weight excluding hydrogens is 447 g/mol. The largest absolute Gasteiger partial charge is 0.321 e. The number of fused-ring (bicyclic) bond motifs is 1. The minimum atomic E-state index is -3.52. The zero-order chi connectivity index (χ0) is 22.9. The second kappa shape index (κ2) is 8.72. The highest BCUT2D eigenvalue weighted by Gasteiger charge is 2.19. The van der Waals surface area contributed by atoms with Gasteiger partial charge >= 0.3 is 0 Å². The number of carbonyl (C=O) groups is 1. The van der Waals surface area contributed by atoms with Gasteiger partial charge in [-0.25, -0.2) is 12.8 Å². The lowest BCUT2D eigenvalue weighted by Gasteiger charge is -2.22. The van der Waals surface area contributed by atoms with Gasteiger partial charge in [-0.15, -0.1) is 11.3 Å². The SMILES string of the molecule is Cc1ccc(CN(c2ccc3sc(C(=O)Nc4ccc(F)cc4)cc3c2)S(C)(=O)=O)cc1. The number of hydrogen-bond acceptors (Lipinski definition) is 4. The Labute approximate surface area is 190 Å². The molecule has 1 heterocycles. The summed E-state index contributed by atoms with van der Waals surface area (Å²) >= 11 is 1.31. The Balaban J connectivity index is 1.62. The molecule has 0 unspecified atom stereocenters. The maximum atomic E-state index is 13.1. The first-order valence-corrected chi connectivity index (χ1v) is 12.5. The molecule has 1 aromatic heterocycles. The number of benzene rings is 3. The van der Waals surface area contributed by atoms with E-state index in [1.54, 1.807) is 18.2 Å². The number of carbonyl (C=O) groups excluding carboxylic acids is 1. The van der Waals surface area contributed by atoms with Crippen LogP contribution in [0.1, 0.15) is 20.8 Å². The molecule has 0 aliphatic heterocycles. The Kier molecular flexibility index (Phi) is 5.99. The van der Waals surface area contributed by atoms with Crippen molar-refractivity contribution >= 4 is 48.7 Å². The molecular formula is C24H21FN2O3S2. The average Bonchev–Trinajstić information content (AvgIpc) is 3.17. The highest BCUT2D eigenvalue weighted by molar-refractivity contribution is 7.92. The van der Waals surface area contributed by atoms with Crippen molar-refractivity contribution in [2.75, 3.05) is 15.9 Å². The van der Waals surface area contributed by atoms with Crippen LogP contribution in [-0.4, -0.2) is 20.6 Å². The van der Waals surface area contributed by atoms with E-state index in [1.807, 2.05) is 37.3 Å². The maximum absolute atomic E-state index is 13.1. The predicted molar refractivity (Wildman–Crippen MR) is 128 cm³/mol. The molecule has 0 spiro atoms. The summed E-state index contributed by atoms with van der Waals surface area (Å²) in [6.45, 7) is 2.19. The molecule has 32 heavy (non-hydrogen) atoms. The van der Waals surface area contributed by atoms with E-state index in [4.69, 9.17) is 0 Å². The molecule has 1 amide bonds. The van der Waals surface area contributed by atoms with E-state index in [-0.39, 0.29) is 18.3 Å². The van der Waals surface area contributed by atoms with Crippen LogP contribution in [0.25, 0.3) is 10.1 Å². The Morgan fingerprint density at radius 2 is 1.69 bits per heavy atom. The van der Waals surface area contributed by atoms with Crippen molar-refractivity contribution < 1.29 is 17.6 Å². The first kappa shape index (κ1) is 22.0. The number of nitrogens with zero attached hydrogens (tertiary/aromatic N) is 1. The quantitative estimate of drug-likeness (QED) is 0.402. The smallest absolute Gasteiger partial charge is 0.265 e. The van der Waals surface area contributed by atoms with E-state index in [1.165, 1.54) is 46.2 Å². The number of hydrogen-bond donors (Lipinski definition) is 1. The van der Waals surface area contributed by atoms with Crippen LogP contribution in [0.15, 0.2) is 72.8 Å². The Morgan fingerprint density at radius 3 is 2.34 bits per heavy atom. The van der Waals surface area contributed by atoms with Gasteiger partial charge in [0, 0.05) is 10.4 Å². The maximum Gasteiger partial charge on any atom is 0.265 e. The summed E-state index contributed by atoms with van der Waals surface area (Å²) in [5, 5.41) is 3.52. The monoisotopic (exact) mass is 468 g/mol. The number of amides is 1. The van der Waals surface area contributed by atoms with Gasteiger partial charge in [-0.05, 0) is 66.4 Å². The van der Waals surface area contributed by atoms with Crippen LogP contribution < -0.4 is 9.62 Å². The molecule has 3 aromatic carbocycles. The Bertz CT molecular complexity index is 1380. The van der Waals surface area contributed by atoms with Crippen LogP contribution in [0.4, 0.5) is 15.8 Å². The van der Waals surface area contributed by atoms with E-state index in [0.29, 0.717) is 16.3 Å². The van der Waals surface area contributed by atoms with Crippen LogP contribution in [0.3, 0.4) is 0 Å². The van der Waals surface area contributed by atoms with Crippen LogP contribution in [0, 0.1) is 12.7 Å². The molecule has 0 fully saturated rings. The average molecular weight is 469 g/mol.